The Morgan fingerprint density at radius 3 is 2.13 bits per heavy atom. The molecule has 1 atom stereocenters. The first-order valence-corrected chi connectivity index (χ1v) is 18.1. The van der Waals surface area contributed by atoms with Gasteiger partial charge in [0.15, 0.2) is 0 Å². The average molecular weight is 770 g/mol. The minimum Gasteiger partial charge on any atom is -0.461 e. The summed E-state index contributed by atoms with van der Waals surface area (Å²) in [5.41, 5.74) is -1.95. The summed E-state index contributed by atoms with van der Waals surface area (Å²) in [4.78, 5) is 64.0. The Morgan fingerprint density at radius 2 is 1.56 bits per heavy atom. The van der Waals surface area contributed by atoms with Gasteiger partial charge in [0.1, 0.15) is 17.7 Å². The molecular weight excluding hydrogens is 728 g/mol. The van der Waals surface area contributed by atoms with E-state index in [0.29, 0.717) is 29.0 Å². The van der Waals surface area contributed by atoms with Gasteiger partial charge in [-0.05, 0) is 89.6 Å². The van der Waals surface area contributed by atoms with E-state index in [1.54, 1.807) is 27.7 Å². The standard InChI is InChI=1S/C37H41F2N5O9S/c1-20(2)53-34(48)31(16-23-8-12-25(13-9-23)44-33(47)21(3)22(4)43(7)36(44)50)41-32(46)27-17-29(39)30(18-28(27)38)42-54(51,52)26-14-10-24(11-15-26)40-35(49)37(5,6)19-45/h8-15,17-18,20,31,42,45H,16,19H2,1-7H3,(H,40,49)(H,41,46)/t31-/m0/s1. The van der Waals surface area contributed by atoms with Gasteiger partial charge in [0.2, 0.25) is 5.91 Å². The van der Waals surface area contributed by atoms with Crippen LogP contribution in [0.4, 0.5) is 20.2 Å². The molecule has 0 fully saturated rings. The lowest BCUT2D eigenvalue weighted by Gasteiger charge is -2.20. The molecule has 0 aliphatic carbocycles. The third-order valence-electron chi connectivity index (χ3n) is 8.60. The van der Waals surface area contributed by atoms with Crippen LogP contribution in [0.2, 0.25) is 0 Å². The molecule has 0 saturated carbocycles. The zero-order valence-electron chi connectivity index (χ0n) is 30.6. The number of ether oxygens (including phenoxy) is 1. The van der Waals surface area contributed by atoms with Gasteiger partial charge in [-0.25, -0.2) is 31.4 Å². The number of esters is 1. The number of carbonyl (C=O) groups excluding carboxylic acids is 3. The minimum atomic E-state index is -4.48. The van der Waals surface area contributed by atoms with Gasteiger partial charge in [-0.2, -0.15) is 0 Å². The van der Waals surface area contributed by atoms with Crippen molar-refractivity contribution in [3.05, 3.63) is 116 Å². The van der Waals surface area contributed by atoms with E-state index in [2.05, 4.69) is 10.6 Å². The number of carbonyl (C=O) groups is 3. The van der Waals surface area contributed by atoms with Gasteiger partial charge in [0.25, 0.3) is 21.5 Å². The maximum Gasteiger partial charge on any atom is 0.335 e. The Kier molecular flexibility index (Phi) is 12.3. The Labute approximate surface area is 309 Å². The molecule has 0 bridgehead atoms. The van der Waals surface area contributed by atoms with Crippen molar-refractivity contribution in [2.45, 2.75) is 65.0 Å². The number of aromatic nitrogens is 2. The number of aliphatic hydroxyl groups excluding tert-OH is 1. The molecular formula is C37H41F2N5O9S. The number of amides is 2. The molecule has 0 radical (unpaired) electrons. The predicted octanol–water partition coefficient (Wildman–Crippen LogP) is 3.48. The van der Waals surface area contributed by atoms with Gasteiger partial charge in [0, 0.05) is 36.5 Å². The SMILES string of the molecule is Cc1c(C)n(C)c(=O)n(-c2ccc(C[C@H](NC(=O)c3cc(F)c(NS(=O)(=O)c4ccc(NC(=O)C(C)(C)CO)cc4)cc3F)C(=O)OC(C)C)cc2)c1=O. The molecule has 4 N–H and O–H groups in total. The summed E-state index contributed by atoms with van der Waals surface area (Å²) in [5, 5.41) is 14.3. The molecule has 54 heavy (non-hydrogen) atoms. The highest BCUT2D eigenvalue weighted by atomic mass is 32.2. The molecule has 4 aromatic rings. The van der Waals surface area contributed by atoms with E-state index < -0.39 is 86.1 Å². The molecule has 3 aromatic carbocycles. The van der Waals surface area contributed by atoms with Crippen molar-refractivity contribution in [1.29, 1.82) is 0 Å². The van der Waals surface area contributed by atoms with Gasteiger partial charge in [-0.15, -0.1) is 0 Å². The zero-order chi connectivity index (χ0) is 40.3. The second-order valence-corrected chi connectivity index (χ2v) is 15.2. The summed E-state index contributed by atoms with van der Waals surface area (Å²) < 4.78 is 66.1. The quantitative estimate of drug-likeness (QED) is 0.147. The smallest absolute Gasteiger partial charge is 0.335 e. The summed E-state index contributed by atoms with van der Waals surface area (Å²) in [7, 11) is -2.94. The number of benzene rings is 3. The molecule has 0 aliphatic rings. The van der Waals surface area contributed by atoms with E-state index in [-0.39, 0.29) is 22.7 Å². The van der Waals surface area contributed by atoms with E-state index in [0.717, 1.165) is 16.7 Å². The van der Waals surface area contributed by atoms with Crippen LogP contribution in [0.25, 0.3) is 5.69 Å². The van der Waals surface area contributed by atoms with Crippen LogP contribution in [-0.4, -0.2) is 59.2 Å². The summed E-state index contributed by atoms with van der Waals surface area (Å²) in [5.74, 6) is -5.20. The second kappa shape index (κ2) is 16.1. The lowest BCUT2D eigenvalue weighted by molar-refractivity contribution is -0.149. The molecule has 0 unspecified atom stereocenters. The van der Waals surface area contributed by atoms with Gasteiger partial charge < -0.3 is 25.0 Å². The topological polar surface area (TPSA) is 195 Å². The van der Waals surface area contributed by atoms with E-state index in [1.165, 1.54) is 61.9 Å². The Morgan fingerprint density at radius 1 is 0.944 bits per heavy atom. The molecule has 1 aromatic heterocycles. The van der Waals surface area contributed by atoms with Crippen molar-refractivity contribution in [2.75, 3.05) is 16.6 Å². The van der Waals surface area contributed by atoms with Gasteiger partial charge in [-0.3, -0.25) is 19.1 Å². The van der Waals surface area contributed by atoms with Gasteiger partial charge >= 0.3 is 11.7 Å². The fraction of sp³-hybridized carbons (Fsp3) is 0.324. The molecule has 2 amide bonds. The maximum atomic E-state index is 15.3. The van der Waals surface area contributed by atoms with Gasteiger partial charge in [-0.1, -0.05) is 12.1 Å². The molecule has 288 valence electrons. The van der Waals surface area contributed by atoms with E-state index in [9.17, 15) is 37.5 Å². The molecule has 0 saturated heterocycles. The Hall–Kier alpha value is -5.68. The summed E-state index contributed by atoms with van der Waals surface area (Å²) in [6.45, 7) is 9.01. The predicted molar refractivity (Wildman–Crippen MR) is 196 cm³/mol. The number of nitrogens with zero attached hydrogens (tertiary/aromatic N) is 2. The highest BCUT2D eigenvalue weighted by Gasteiger charge is 2.29. The van der Waals surface area contributed by atoms with Crippen LogP contribution in [0.15, 0.2) is 75.1 Å². The lowest BCUT2D eigenvalue weighted by Crippen LogP contribution is -2.44. The van der Waals surface area contributed by atoms with Crippen LogP contribution >= 0.6 is 0 Å². The normalized spacial score (nSPS) is 12.3. The zero-order valence-corrected chi connectivity index (χ0v) is 31.4. The van der Waals surface area contributed by atoms with E-state index in [4.69, 9.17) is 4.74 Å². The number of sulfonamides is 1. The number of aliphatic hydroxyl groups is 1. The van der Waals surface area contributed by atoms with E-state index in [1.807, 2.05) is 4.72 Å². The van der Waals surface area contributed by atoms with Crippen LogP contribution in [0.5, 0.6) is 0 Å². The third-order valence-corrected chi connectivity index (χ3v) is 9.98. The highest BCUT2D eigenvalue weighted by Crippen LogP contribution is 2.25. The van der Waals surface area contributed by atoms with Crippen LogP contribution in [0, 0.1) is 30.9 Å². The number of anilines is 2. The second-order valence-electron chi connectivity index (χ2n) is 13.5. The third kappa shape index (κ3) is 9.09. The fourth-order valence-corrected chi connectivity index (χ4v) is 6.09. The lowest BCUT2D eigenvalue weighted by atomic mass is 9.93. The maximum absolute atomic E-state index is 15.3. The van der Waals surface area contributed by atoms with Crippen LogP contribution in [0.3, 0.4) is 0 Å². The molecule has 1 heterocycles. The van der Waals surface area contributed by atoms with E-state index >= 15 is 8.78 Å². The summed E-state index contributed by atoms with van der Waals surface area (Å²) >= 11 is 0. The molecule has 0 spiro atoms. The van der Waals surface area contributed by atoms with Crippen molar-refractivity contribution in [3.8, 4) is 5.69 Å². The van der Waals surface area contributed by atoms with Crippen molar-refractivity contribution in [3.63, 3.8) is 0 Å². The van der Waals surface area contributed by atoms with Crippen LogP contribution in [-0.2, 0) is 37.8 Å². The van der Waals surface area contributed by atoms with Crippen molar-refractivity contribution in [1.82, 2.24) is 14.5 Å². The summed E-state index contributed by atoms with van der Waals surface area (Å²) in [6, 6.07) is 10.4. The van der Waals surface area contributed by atoms with Crippen LogP contribution in [0.1, 0.15) is 54.9 Å². The Balaban J connectivity index is 1.53. The number of halogens is 2. The first-order chi connectivity index (χ1) is 25.2. The van der Waals surface area contributed by atoms with Gasteiger partial charge in [0.05, 0.1) is 40.0 Å². The monoisotopic (exact) mass is 769 g/mol. The molecule has 17 heteroatoms. The average Bonchev–Trinajstić information content (AvgIpc) is 3.11. The number of rotatable bonds is 13. The number of hydrogen-bond donors (Lipinski definition) is 4. The highest BCUT2D eigenvalue weighted by molar-refractivity contribution is 7.92. The van der Waals surface area contributed by atoms with Crippen LogP contribution < -0.4 is 26.6 Å². The molecule has 14 nitrogen and oxygen atoms in total. The number of hydrogen-bond acceptors (Lipinski definition) is 9. The van der Waals surface area contributed by atoms with Crippen molar-refractivity contribution < 1.29 is 41.4 Å². The minimum absolute atomic E-state index is 0.180. The fourth-order valence-electron chi connectivity index (χ4n) is 5.03. The first-order valence-electron chi connectivity index (χ1n) is 16.6. The molecule has 0 aliphatic heterocycles. The largest absolute Gasteiger partial charge is 0.461 e. The first kappa shape index (κ1) is 41.1. The number of nitrogens with one attached hydrogen (secondary N) is 3. The Bertz CT molecular complexity index is 2280. The summed E-state index contributed by atoms with van der Waals surface area (Å²) in [6.07, 6.45) is -0.775. The van der Waals surface area contributed by atoms with Crippen molar-refractivity contribution >= 4 is 39.2 Å². The molecule has 4 rings (SSSR count). The van der Waals surface area contributed by atoms with Crippen molar-refractivity contribution in [2.24, 2.45) is 12.5 Å².